The normalized spacial score (nSPS) is 11.9. The predicted molar refractivity (Wildman–Crippen MR) is 67.7 cm³/mol. The van der Waals surface area contributed by atoms with E-state index in [1.807, 2.05) is 19.1 Å². The lowest BCUT2D eigenvalue weighted by Gasteiger charge is -2.10. The van der Waals surface area contributed by atoms with Crippen LogP contribution >= 0.6 is 15.9 Å². The summed E-state index contributed by atoms with van der Waals surface area (Å²) in [6.45, 7) is 1.85. The minimum Gasteiger partial charge on any atom is -0.480 e. The zero-order chi connectivity index (χ0) is 13.0. The first kappa shape index (κ1) is 13.7. The van der Waals surface area contributed by atoms with Crippen LogP contribution < -0.4 is 11.1 Å². The number of aryl methyl sites for hydroxylation is 1. The van der Waals surface area contributed by atoms with Crippen molar-refractivity contribution in [2.75, 3.05) is 5.32 Å². The van der Waals surface area contributed by atoms with Crippen molar-refractivity contribution in [3.63, 3.8) is 0 Å². The second kappa shape index (κ2) is 5.79. The Morgan fingerprint density at radius 3 is 2.76 bits per heavy atom. The number of nitrogens with two attached hydrogens (primary N) is 1. The van der Waals surface area contributed by atoms with E-state index in [4.69, 9.17) is 10.8 Å². The van der Waals surface area contributed by atoms with Crippen molar-refractivity contribution in [2.45, 2.75) is 19.4 Å². The van der Waals surface area contributed by atoms with Crippen LogP contribution in [0.25, 0.3) is 0 Å². The number of halogens is 1. The average molecular weight is 301 g/mol. The molecule has 0 bridgehead atoms. The summed E-state index contributed by atoms with van der Waals surface area (Å²) in [4.78, 5) is 22.0. The molecule has 0 aliphatic rings. The number of carboxylic acids is 1. The lowest BCUT2D eigenvalue weighted by molar-refractivity contribution is -0.140. The molecule has 0 spiro atoms. The van der Waals surface area contributed by atoms with Crippen LogP contribution in [0.4, 0.5) is 5.69 Å². The van der Waals surface area contributed by atoms with Crippen molar-refractivity contribution in [3.05, 3.63) is 28.2 Å². The molecule has 92 valence electrons. The molecule has 1 rings (SSSR count). The van der Waals surface area contributed by atoms with Gasteiger partial charge in [-0.1, -0.05) is 22.0 Å². The van der Waals surface area contributed by atoms with Crippen LogP contribution in [0.15, 0.2) is 22.7 Å². The van der Waals surface area contributed by atoms with Gasteiger partial charge in [-0.05, 0) is 24.6 Å². The number of anilines is 1. The summed E-state index contributed by atoms with van der Waals surface area (Å²) < 4.78 is 0.834. The van der Waals surface area contributed by atoms with Gasteiger partial charge in [0.15, 0.2) is 0 Å². The van der Waals surface area contributed by atoms with Gasteiger partial charge in [0.1, 0.15) is 6.04 Å². The Morgan fingerprint density at radius 2 is 2.18 bits per heavy atom. The van der Waals surface area contributed by atoms with E-state index in [1.54, 1.807) is 6.07 Å². The fraction of sp³-hybridized carbons (Fsp3) is 0.273. The monoisotopic (exact) mass is 300 g/mol. The maximum Gasteiger partial charge on any atom is 0.321 e. The summed E-state index contributed by atoms with van der Waals surface area (Å²) in [7, 11) is 0. The third kappa shape index (κ3) is 4.16. The maximum absolute atomic E-state index is 11.5. The largest absolute Gasteiger partial charge is 0.480 e. The topological polar surface area (TPSA) is 92.4 Å². The van der Waals surface area contributed by atoms with E-state index in [9.17, 15) is 9.59 Å². The summed E-state index contributed by atoms with van der Waals surface area (Å²) in [5.74, 6) is -1.60. The molecular formula is C11H13BrN2O3. The number of carboxylic acid groups (broad SMARTS) is 1. The lowest BCUT2D eigenvalue weighted by atomic mass is 10.1. The van der Waals surface area contributed by atoms with Crippen LogP contribution in [0, 0.1) is 6.92 Å². The van der Waals surface area contributed by atoms with Crippen LogP contribution in [0.3, 0.4) is 0 Å². The van der Waals surface area contributed by atoms with Gasteiger partial charge < -0.3 is 16.2 Å². The number of carbonyl (C=O) groups excluding carboxylic acids is 1. The van der Waals surface area contributed by atoms with E-state index in [0.717, 1.165) is 10.0 Å². The third-order valence-electron chi connectivity index (χ3n) is 2.20. The molecule has 1 unspecified atom stereocenters. The van der Waals surface area contributed by atoms with E-state index in [2.05, 4.69) is 21.2 Å². The molecule has 0 radical (unpaired) electrons. The minimum absolute atomic E-state index is 0.249. The van der Waals surface area contributed by atoms with Gasteiger partial charge in [0.05, 0.1) is 6.42 Å². The minimum atomic E-state index is -1.19. The Balaban J connectivity index is 2.68. The molecule has 0 aliphatic heterocycles. The summed E-state index contributed by atoms with van der Waals surface area (Å²) in [6.07, 6.45) is -0.249. The SMILES string of the molecule is Cc1ccc(Br)cc1NC(=O)CC(N)C(=O)O. The van der Waals surface area contributed by atoms with Crippen molar-refractivity contribution >= 4 is 33.5 Å². The lowest BCUT2D eigenvalue weighted by Crippen LogP contribution is -2.34. The van der Waals surface area contributed by atoms with Crippen LogP contribution in [-0.2, 0) is 9.59 Å². The van der Waals surface area contributed by atoms with E-state index in [0.29, 0.717) is 5.69 Å². The molecule has 6 heteroatoms. The fourth-order valence-electron chi connectivity index (χ4n) is 1.22. The molecule has 0 heterocycles. The van der Waals surface area contributed by atoms with Gasteiger partial charge in [-0.3, -0.25) is 9.59 Å². The first-order valence-electron chi connectivity index (χ1n) is 4.94. The zero-order valence-electron chi connectivity index (χ0n) is 9.24. The van der Waals surface area contributed by atoms with Gasteiger partial charge in [0.25, 0.3) is 0 Å². The Morgan fingerprint density at radius 1 is 1.53 bits per heavy atom. The number of hydrogen-bond donors (Lipinski definition) is 3. The number of hydrogen-bond acceptors (Lipinski definition) is 3. The summed E-state index contributed by atoms with van der Waals surface area (Å²) in [6, 6.07) is 4.27. The Kier molecular flexibility index (Phi) is 4.65. The molecule has 0 aliphatic carbocycles. The highest BCUT2D eigenvalue weighted by molar-refractivity contribution is 9.10. The fourth-order valence-corrected chi connectivity index (χ4v) is 1.58. The van der Waals surface area contributed by atoms with Gasteiger partial charge in [0.2, 0.25) is 5.91 Å². The molecule has 0 saturated carbocycles. The van der Waals surface area contributed by atoms with Crippen molar-refractivity contribution in [3.8, 4) is 0 Å². The van der Waals surface area contributed by atoms with E-state index in [1.165, 1.54) is 0 Å². The van der Waals surface area contributed by atoms with Crippen LogP contribution in [-0.4, -0.2) is 23.0 Å². The molecule has 1 amide bonds. The van der Waals surface area contributed by atoms with Crippen molar-refractivity contribution < 1.29 is 14.7 Å². The molecular weight excluding hydrogens is 288 g/mol. The number of nitrogens with one attached hydrogen (secondary N) is 1. The van der Waals surface area contributed by atoms with Crippen molar-refractivity contribution in [1.29, 1.82) is 0 Å². The molecule has 1 aromatic carbocycles. The second-order valence-electron chi connectivity index (χ2n) is 3.66. The highest BCUT2D eigenvalue weighted by Gasteiger charge is 2.16. The standard InChI is InChI=1S/C11H13BrN2O3/c1-6-2-3-7(12)4-9(6)14-10(15)5-8(13)11(16)17/h2-4,8H,5,13H2,1H3,(H,14,15)(H,16,17). The molecule has 17 heavy (non-hydrogen) atoms. The van der Waals surface area contributed by atoms with E-state index >= 15 is 0 Å². The molecule has 1 atom stereocenters. The number of benzene rings is 1. The first-order valence-corrected chi connectivity index (χ1v) is 5.74. The molecule has 0 aromatic heterocycles. The molecule has 1 aromatic rings. The smallest absolute Gasteiger partial charge is 0.321 e. The quantitative estimate of drug-likeness (QED) is 0.785. The molecule has 0 saturated heterocycles. The predicted octanol–water partition coefficient (Wildman–Crippen LogP) is 1.50. The highest BCUT2D eigenvalue weighted by atomic mass is 79.9. The summed E-state index contributed by atoms with van der Waals surface area (Å²) >= 11 is 3.29. The van der Waals surface area contributed by atoms with Crippen LogP contribution in [0.2, 0.25) is 0 Å². The van der Waals surface area contributed by atoms with E-state index < -0.39 is 17.9 Å². The average Bonchev–Trinajstić information content (AvgIpc) is 2.23. The van der Waals surface area contributed by atoms with Gasteiger partial charge in [-0.2, -0.15) is 0 Å². The van der Waals surface area contributed by atoms with Crippen molar-refractivity contribution in [2.24, 2.45) is 5.73 Å². The van der Waals surface area contributed by atoms with Gasteiger partial charge in [-0.25, -0.2) is 0 Å². The Labute approximate surface area is 107 Å². The number of carbonyl (C=O) groups is 2. The van der Waals surface area contributed by atoms with Crippen LogP contribution in [0.5, 0.6) is 0 Å². The van der Waals surface area contributed by atoms with Gasteiger partial charge in [0, 0.05) is 10.2 Å². The summed E-state index contributed by atoms with van der Waals surface area (Å²) in [5, 5.41) is 11.2. The molecule has 4 N–H and O–H groups in total. The van der Waals surface area contributed by atoms with Crippen molar-refractivity contribution in [1.82, 2.24) is 0 Å². The molecule has 5 nitrogen and oxygen atoms in total. The number of rotatable bonds is 4. The molecule has 0 fully saturated rings. The number of amides is 1. The zero-order valence-corrected chi connectivity index (χ0v) is 10.8. The van der Waals surface area contributed by atoms with Gasteiger partial charge >= 0.3 is 5.97 Å². The first-order chi connectivity index (χ1) is 7.90. The summed E-state index contributed by atoms with van der Waals surface area (Å²) in [5.41, 5.74) is 6.80. The second-order valence-corrected chi connectivity index (χ2v) is 4.57. The van der Waals surface area contributed by atoms with E-state index in [-0.39, 0.29) is 6.42 Å². The van der Waals surface area contributed by atoms with Gasteiger partial charge in [-0.15, -0.1) is 0 Å². The Hall–Kier alpha value is -1.40. The highest BCUT2D eigenvalue weighted by Crippen LogP contribution is 2.20. The third-order valence-corrected chi connectivity index (χ3v) is 2.69. The maximum atomic E-state index is 11.5. The Bertz CT molecular complexity index is 448. The van der Waals surface area contributed by atoms with Crippen LogP contribution in [0.1, 0.15) is 12.0 Å². The number of aliphatic carboxylic acids is 1.